The van der Waals surface area contributed by atoms with Crippen LogP contribution in [0.5, 0.6) is 0 Å². The molecular formula is C22H21N5O2. The Morgan fingerprint density at radius 3 is 2.90 bits per heavy atom. The summed E-state index contributed by atoms with van der Waals surface area (Å²) in [4.78, 5) is 32.2. The van der Waals surface area contributed by atoms with Crippen LogP contribution < -0.4 is 5.32 Å². The third kappa shape index (κ3) is 3.69. The minimum Gasteiger partial charge on any atom is -0.336 e. The standard InChI is InChI=1S/C22H21N5O2/c1-15-6-5-10-26(14-15)22(29)20-25-19(18-9-2-3-11-27(18)20)21(28)24-17-8-4-7-16(12-17)13-23/h2-4,7-9,11-12,15H,5-6,10,14H2,1H3,(H,24,28). The molecule has 3 aromatic rings. The summed E-state index contributed by atoms with van der Waals surface area (Å²) < 4.78 is 1.67. The van der Waals surface area contributed by atoms with Crippen LogP contribution in [0.1, 0.15) is 46.4 Å². The lowest BCUT2D eigenvalue weighted by molar-refractivity contribution is 0.0670. The highest BCUT2D eigenvalue weighted by atomic mass is 16.2. The Labute approximate surface area is 168 Å². The summed E-state index contributed by atoms with van der Waals surface area (Å²) in [5.41, 5.74) is 1.70. The molecule has 1 atom stereocenters. The summed E-state index contributed by atoms with van der Waals surface area (Å²) in [6, 6.07) is 14.1. The lowest BCUT2D eigenvalue weighted by atomic mass is 10.0. The molecule has 3 heterocycles. The van der Waals surface area contributed by atoms with E-state index in [0.29, 0.717) is 35.8 Å². The quantitative estimate of drug-likeness (QED) is 0.746. The molecule has 1 N–H and O–H groups in total. The van der Waals surface area contributed by atoms with Gasteiger partial charge in [0.05, 0.1) is 17.1 Å². The summed E-state index contributed by atoms with van der Waals surface area (Å²) in [5.74, 6) is 0.109. The molecule has 1 aliphatic heterocycles. The van der Waals surface area contributed by atoms with Crippen molar-refractivity contribution < 1.29 is 9.59 Å². The van der Waals surface area contributed by atoms with Gasteiger partial charge in [0.1, 0.15) is 0 Å². The number of rotatable bonds is 3. The monoisotopic (exact) mass is 387 g/mol. The molecule has 2 aromatic heterocycles. The molecule has 1 saturated heterocycles. The van der Waals surface area contributed by atoms with E-state index in [0.717, 1.165) is 12.8 Å². The summed E-state index contributed by atoms with van der Waals surface area (Å²) in [6.07, 6.45) is 3.83. The minimum absolute atomic E-state index is 0.164. The zero-order chi connectivity index (χ0) is 20.4. The van der Waals surface area contributed by atoms with Gasteiger partial charge < -0.3 is 10.2 Å². The molecule has 0 bridgehead atoms. The van der Waals surface area contributed by atoms with E-state index in [4.69, 9.17) is 5.26 Å². The number of likely N-dealkylation sites (tertiary alicyclic amines) is 1. The van der Waals surface area contributed by atoms with E-state index in [1.54, 1.807) is 47.0 Å². The van der Waals surface area contributed by atoms with E-state index in [-0.39, 0.29) is 17.4 Å². The number of fused-ring (bicyclic) bond motifs is 1. The molecule has 0 saturated carbocycles. The maximum absolute atomic E-state index is 13.1. The number of aromatic nitrogens is 2. The van der Waals surface area contributed by atoms with Gasteiger partial charge in [0.15, 0.2) is 5.69 Å². The van der Waals surface area contributed by atoms with Crippen LogP contribution in [-0.2, 0) is 0 Å². The van der Waals surface area contributed by atoms with Gasteiger partial charge in [-0.2, -0.15) is 5.26 Å². The molecule has 7 heteroatoms. The highest BCUT2D eigenvalue weighted by Crippen LogP contribution is 2.21. The SMILES string of the molecule is CC1CCCN(C(=O)c2nc(C(=O)Nc3cccc(C#N)c3)c3ccccn23)C1. The van der Waals surface area contributed by atoms with Crippen molar-refractivity contribution in [2.75, 3.05) is 18.4 Å². The molecular weight excluding hydrogens is 366 g/mol. The Balaban J connectivity index is 1.67. The fourth-order valence-electron chi connectivity index (χ4n) is 3.73. The van der Waals surface area contributed by atoms with Crippen molar-refractivity contribution in [1.29, 1.82) is 5.26 Å². The maximum atomic E-state index is 13.1. The van der Waals surface area contributed by atoms with Gasteiger partial charge in [0.25, 0.3) is 11.8 Å². The van der Waals surface area contributed by atoms with Crippen molar-refractivity contribution in [2.24, 2.45) is 5.92 Å². The van der Waals surface area contributed by atoms with Gasteiger partial charge in [0, 0.05) is 25.0 Å². The third-order valence-corrected chi connectivity index (χ3v) is 5.15. The molecule has 2 amide bonds. The van der Waals surface area contributed by atoms with E-state index >= 15 is 0 Å². The van der Waals surface area contributed by atoms with E-state index in [1.165, 1.54) is 0 Å². The first-order valence-corrected chi connectivity index (χ1v) is 9.64. The Bertz CT molecular complexity index is 1130. The number of anilines is 1. The van der Waals surface area contributed by atoms with Crippen LogP contribution >= 0.6 is 0 Å². The number of hydrogen-bond acceptors (Lipinski definition) is 4. The van der Waals surface area contributed by atoms with Gasteiger partial charge in [0.2, 0.25) is 5.82 Å². The van der Waals surface area contributed by atoms with Crippen LogP contribution in [0.3, 0.4) is 0 Å². The molecule has 146 valence electrons. The van der Waals surface area contributed by atoms with Crippen LogP contribution in [0.4, 0.5) is 5.69 Å². The second kappa shape index (κ2) is 7.76. The number of pyridine rings is 1. The molecule has 0 radical (unpaired) electrons. The van der Waals surface area contributed by atoms with Gasteiger partial charge in [-0.25, -0.2) is 4.98 Å². The number of amides is 2. The number of nitrogens with one attached hydrogen (secondary N) is 1. The van der Waals surface area contributed by atoms with E-state index in [9.17, 15) is 9.59 Å². The average Bonchev–Trinajstić information content (AvgIpc) is 3.13. The number of piperidine rings is 1. The predicted octanol–water partition coefficient (Wildman–Crippen LogP) is 3.33. The van der Waals surface area contributed by atoms with Crippen LogP contribution in [-0.4, -0.2) is 39.2 Å². The largest absolute Gasteiger partial charge is 0.336 e. The third-order valence-electron chi connectivity index (χ3n) is 5.15. The van der Waals surface area contributed by atoms with Crippen molar-refractivity contribution in [1.82, 2.24) is 14.3 Å². The van der Waals surface area contributed by atoms with Gasteiger partial charge in [-0.15, -0.1) is 0 Å². The topological polar surface area (TPSA) is 90.5 Å². The Morgan fingerprint density at radius 1 is 1.24 bits per heavy atom. The Hall–Kier alpha value is -3.66. The molecule has 4 rings (SSSR count). The number of benzene rings is 1. The second-order valence-corrected chi connectivity index (χ2v) is 7.39. The van der Waals surface area contributed by atoms with Gasteiger partial charge >= 0.3 is 0 Å². The first kappa shape index (κ1) is 18.7. The highest BCUT2D eigenvalue weighted by molar-refractivity contribution is 6.09. The summed E-state index contributed by atoms with van der Waals surface area (Å²) >= 11 is 0. The van der Waals surface area contributed by atoms with Gasteiger partial charge in [-0.05, 0) is 49.1 Å². The average molecular weight is 387 g/mol. The number of carbonyl (C=O) groups is 2. The predicted molar refractivity (Wildman–Crippen MR) is 109 cm³/mol. The Kier molecular flexibility index (Phi) is 5.00. The normalized spacial score (nSPS) is 16.4. The molecule has 1 aliphatic rings. The first-order valence-electron chi connectivity index (χ1n) is 9.64. The number of hydrogen-bond donors (Lipinski definition) is 1. The number of imidazole rings is 1. The lowest BCUT2D eigenvalue weighted by Gasteiger charge is -2.30. The number of nitriles is 1. The van der Waals surface area contributed by atoms with Gasteiger partial charge in [-0.1, -0.05) is 19.1 Å². The lowest BCUT2D eigenvalue weighted by Crippen LogP contribution is -2.39. The van der Waals surface area contributed by atoms with Crippen molar-refractivity contribution >= 4 is 23.0 Å². The number of carbonyl (C=O) groups excluding carboxylic acids is 2. The van der Waals surface area contributed by atoms with Crippen molar-refractivity contribution in [3.05, 3.63) is 65.7 Å². The van der Waals surface area contributed by atoms with E-state index in [1.807, 2.05) is 17.0 Å². The smallest absolute Gasteiger partial charge is 0.290 e. The van der Waals surface area contributed by atoms with Crippen LogP contribution in [0, 0.1) is 17.2 Å². The number of nitrogens with zero attached hydrogens (tertiary/aromatic N) is 4. The van der Waals surface area contributed by atoms with Crippen LogP contribution in [0.15, 0.2) is 48.7 Å². The van der Waals surface area contributed by atoms with E-state index in [2.05, 4.69) is 17.2 Å². The fourth-order valence-corrected chi connectivity index (χ4v) is 3.73. The van der Waals surface area contributed by atoms with Crippen molar-refractivity contribution in [3.8, 4) is 6.07 Å². The molecule has 1 fully saturated rings. The minimum atomic E-state index is -0.421. The highest BCUT2D eigenvalue weighted by Gasteiger charge is 2.27. The first-order chi connectivity index (χ1) is 14.1. The molecule has 29 heavy (non-hydrogen) atoms. The summed E-state index contributed by atoms with van der Waals surface area (Å²) in [5, 5.41) is 11.8. The van der Waals surface area contributed by atoms with Gasteiger partial charge in [-0.3, -0.25) is 14.0 Å². The summed E-state index contributed by atoms with van der Waals surface area (Å²) in [6.45, 7) is 3.54. The van der Waals surface area contributed by atoms with Crippen LogP contribution in [0.25, 0.3) is 5.52 Å². The zero-order valence-electron chi connectivity index (χ0n) is 16.1. The molecule has 0 spiro atoms. The second-order valence-electron chi connectivity index (χ2n) is 7.39. The Morgan fingerprint density at radius 2 is 2.10 bits per heavy atom. The molecule has 7 nitrogen and oxygen atoms in total. The van der Waals surface area contributed by atoms with Crippen molar-refractivity contribution in [2.45, 2.75) is 19.8 Å². The van der Waals surface area contributed by atoms with Crippen LogP contribution in [0.2, 0.25) is 0 Å². The maximum Gasteiger partial charge on any atom is 0.290 e. The van der Waals surface area contributed by atoms with Crippen molar-refractivity contribution in [3.63, 3.8) is 0 Å². The molecule has 1 unspecified atom stereocenters. The summed E-state index contributed by atoms with van der Waals surface area (Å²) in [7, 11) is 0. The van der Waals surface area contributed by atoms with E-state index < -0.39 is 5.91 Å². The molecule has 0 aliphatic carbocycles. The fraction of sp³-hybridized carbons (Fsp3) is 0.273. The molecule has 1 aromatic carbocycles. The zero-order valence-corrected chi connectivity index (χ0v) is 16.1.